The molecule has 1 aliphatic rings. The molecule has 3 aromatic rings. The number of rotatable bonds is 2. The molecule has 0 bridgehead atoms. The fourth-order valence-corrected chi connectivity index (χ4v) is 3.32. The third-order valence-electron chi connectivity index (χ3n) is 4.79. The van der Waals surface area contributed by atoms with Gasteiger partial charge in [-0.1, -0.05) is 6.07 Å². The number of aromatic nitrogens is 3. The van der Waals surface area contributed by atoms with Crippen LogP contribution in [0.4, 0.5) is 5.82 Å². The summed E-state index contributed by atoms with van der Waals surface area (Å²) in [5, 5.41) is 12.7. The molecular weight excluding hydrogens is 316 g/mol. The second-order valence-electron chi connectivity index (χ2n) is 6.53. The number of aryl methyl sites for hydroxylation is 1. The van der Waals surface area contributed by atoms with Crippen LogP contribution in [0, 0.1) is 6.92 Å². The topological polar surface area (TPSA) is 94.2 Å². The number of anilines is 1. The van der Waals surface area contributed by atoms with Crippen molar-refractivity contribution < 1.29 is 9.84 Å². The molecule has 4 heterocycles. The number of ether oxygens (including phenoxy) is 1. The molecule has 128 valence electrons. The standard InChI is InChI=1S/C19H20N4O2/c1-12-15-9-23-18(20)7-14(15)16(10-21-12)17-4-3-13(8-22-17)19(24)5-2-6-25-11-19/h3-4,7-10,24H,2,5-6,11H2,1H3,(H2,20,23)/t19-/m0/s1. The van der Waals surface area contributed by atoms with Crippen molar-refractivity contribution in [1.82, 2.24) is 15.0 Å². The SMILES string of the molecule is Cc1ncc(-c2ccc([C@]3(O)CCCOC3)cn2)c2cc(N)ncc12. The molecular formula is C19H20N4O2. The maximum atomic E-state index is 10.7. The first-order chi connectivity index (χ1) is 12.1. The van der Waals surface area contributed by atoms with E-state index in [9.17, 15) is 5.11 Å². The average Bonchev–Trinajstić information content (AvgIpc) is 2.63. The number of nitrogen functional groups attached to an aromatic ring is 1. The summed E-state index contributed by atoms with van der Waals surface area (Å²) in [5.41, 5.74) is 8.27. The van der Waals surface area contributed by atoms with Crippen LogP contribution in [0.2, 0.25) is 0 Å². The minimum atomic E-state index is -0.953. The Hall–Kier alpha value is -2.57. The number of nitrogens with zero attached hydrogens (tertiary/aromatic N) is 3. The van der Waals surface area contributed by atoms with Crippen LogP contribution < -0.4 is 5.73 Å². The summed E-state index contributed by atoms with van der Waals surface area (Å²) in [5.74, 6) is 0.463. The van der Waals surface area contributed by atoms with E-state index >= 15 is 0 Å². The lowest BCUT2D eigenvalue weighted by Gasteiger charge is -2.32. The summed E-state index contributed by atoms with van der Waals surface area (Å²) < 4.78 is 5.43. The van der Waals surface area contributed by atoms with Crippen LogP contribution in [0.15, 0.2) is 36.8 Å². The minimum Gasteiger partial charge on any atom is -0.384 e. The third-order valence-corrected chi connectivity index (χ3v) is 4.79. The van der Waals surface area contributed by atoms with Gasteiger partial charge in [-0.2, -0.15) is 0 Å². The zero-order chi connectivity index (χ0) is 17.4. The molecule has 25 heavy (non-hydrogen) atoms. The fraction of sp³-hybridized carbons (Fsp3) is 0.316. The Labute approximate surface area is 145 Å². The van der Waals surface area contributed by atoms with Gasteiger partial charge in [-0.05, 0) is 37.3 Å². The van der Waals surface area contributed by atoms with Gasteiger partial charge in [0, 0.05) is 47.4 Å². The van der Waals surface area contributed by atoms with E-state index < -0.39 is 5.60 Å². The van der Waals surface area contributed by atoms with Crippen molar-refractivity contribution in [3.05, 3.63) is 48.0 Å². The maximum absolute atomic E-state index is 10.7. The predicted octanol–water partition coefficient (Wildman–Crippen LogP) is 2.58. The van der Waals surface area contributed by atoms with Crippen LogP contribution in [-0.2, 0) is 10.3 Å². The molecule has 6 nitrogen and oxygen atoms in total. The Morgan fingerprint density at radius 2 is 2.00 bits per heavy atom. The van der Waals surface area contributed by atoms with Crippen molar-refractivity contribution in [1.29, 1.82) is 0 Å². The van der Waals surface area contributed by atoms with Crippen molar-refractivity contribution >= 4 is 16.6 Å². The molecule has 0 aliphatic carbocycles. The number of fused-ring (bicyclic) bond motifs is 1. The Bertz CT molecular complexity index is 919. The number of pyridine rings is 3. The van der Waals surface area contributed by atoms with Crippen LogP contribution in [0.3, 0.4) is 0 Å². The largest absolute Gasteiger partial charge is 0.384 e. The van der Waals surface area contributed by atoms with E-state index in [1.165, 1.54) is 0 Å². The lowest BCUT2D eigenvalue weighted by Crippen LogP contribution is -2.35. The Morgan fingerprint density at radius 3 is 2.72 bits per heavy atom. The molecule has 0 saturated carbocycles. The first-order valence-corrected chi connectivity index (χ1v) is 8.35. The minimum absolute atomic E-state index is 0.311. The fourth-order valence-electron chi connectivity index (χ4n) is 3.32. The highest BCUT2D eigenvalue weighted by Crippen LogP contribution is 2.32. The van der Waals surface area contributed by atoms with E-state index in [0.29, 0.717) is 25.5 Å². The van der Waals surface area contributed by atoms with Crippen LogP contribution >= 0.6 is 0 Å². The summed E-state index contributed by atoms with van der Waals surface area (Å²) in [7, 11) is 0. The number of aliphatic hydroxyl groups is 1. The quantitative estimate of drug-likeness (QED) is 0.747. The highest BCUT2D eigenvalue weighted by atomic mass is 16.5. The van der Waals surface area contributed by atoms with E-state index in [0.717, 1.165) is 39.7 Å². The highest BCUT2D eigenvalue weighted by molar-refractivity contribution is 5.97. The molecule has 0 aromatic carbocycles. The lowest BCUT2D eigenvalue weighted by atomic mass is 9.89. The van der Waals surface area contributed by atoms with E-state index in [2.05, 4.69) is 15.0 Å². The number of hydrogen-bond donors (Lipinski definition) is 2. The summed E-state index contributed by atoms with van der Waals surface area (Å²) in [6.45, 7) is 2.95. The molecule has 0 radical (unpaired) electrons. The van der Waals surface area contributed by atoms with Gasteiger partial charge in [-0.25, -0.2) is 4.98 Å². The second kappa shape index (κ2) is 6.06. The Kier molecular flexibility index (Phi) is 3.86. The monoisotopic (exact) mass is 336 g/mol. The highest BCUT2D eigenvalue weighted by Gasteiger charge is 2.32. The van der Waals surface area contributed by atoms with Gasteiger partial charge in [-0.15, -0.1) is 0 Å². The van der Waals surface area contributed by atoms with Crippen molar-refractivity contribution in [2.45, 2.75) is 25.4 Å². The summed E-state index contributed by atoms with van der Waals surface area (Å²) >= 11 is 0. The number of nitrogens with two attached hydrogens (primary N) is 1. The maximum Gasteiger partial charge on any atom is 0.123 e. The summed E-state index contributed by atoms with van der Waals surface area (Å²) in [6.07, 6.45) is 6.80. The molecule has 3 aromatic heterocycles. The normalized spacial score (nSPS) is 20.7. The van der Waals surface area contributed by atoms with Gasteiger partial charge in [0.1, 0.15) is 11.4 Å². The van der Waals surface area contributed by atoms with Gasteiger partial charge in [-0.3, -0.25) is 9.97 Å². The second-order valence-corrected chi connectivity index (χ2v) is 6.53. The van der Waals surface area contributed by atoms with E-state index in [1.807, 2.05) is 25.1 Å². The van der Waals surface area contributed by atoms with Gasteiger partial charge < -0.3 is 15.6 Å². The van der Waals surface area contributed by atoms with Crippen molar-refractivity contribution in [2.24, 2.45) is 0 Å². The van der Waals surface area contributed by atoms with E-state index in [-0.39, 0.29) is 0 Å². The summed E-state index contributed by atoms with van der Waals surface area (Å²) in [6, 6.07) is 5.66. The molecule has 1 aliphatic heterocycles. The third kappa shape index (κ3) is 2.83. The molecule has 6 heteroatoms. The molecule has 1 atom stereocenters. The van der Waals surface area contributed by atoms with E-state index in [4.69, 9.17) is 10.5 Å². The van der Waals surface area contributed by atoms with Crippen molar-refractivity contribution in [3.8, 4) is 11.3 Å². The smallest absolute Gasteiger partial charge is 0.123 e. The van der Waals surface area contributed by atoms with Crippen LogP contribution in [-0.4, -0.2) is 33.3 Å². The molecule has 4 rings (SSSR count). The van der Waals surface area contributed by atoms with Crippen LogP contribution in [0.25, 0.3) is 22.0 Å². The Balaban J connectivity index is 1.77. The lowest BCUT2D eigenvalue weighted by molar-refractivity contribution is -0.0904. The Morgan fingerprint density at radius 1 is 1.12 bits per heavy atom. The zero-order valence-corrected chi connectivity index (χ0v) is 14.1. The van der Waals surface area contributed by atoms with Crippen molar-refractivity contribution in [2.75, 3.05) is 18.9 Å². The molecule has 0 amide bonds. The first-order valence-electron chi connectivity index (χ1n) is 8.35. The van der Waals surface area contributed by atoms with Gasteiger partial charge >= 0.3 is 0 Å². The van der Waals surface area contributed by atoms with Gasteiger partial charge in [0.2, 0.25) is 0 Å². The molecule has 3 N–H and O–H groups in total. The molecule has 1 fully saturated rings. The van der Waals surface area contributed by atoms with E-state index in [1.54, 1.807) is 18.6 Å². The molecule has 0 spiro atoms. The van der Waals surface area contributed by atoms with Gasteiger partial charge in [0.25, 0.3) is 0 Å². The van der Waals surface area contributed by atoms with Gasteiger partial charge in [0.15, 0.2) is 0 Å². The molecule has 1 saturated heterocycles. The van der Waals surface area contributed by atoms with Crippen molar-refractivity contribution in [3.63, 3.8) is 0 Å². The van der Waals surface area contributed by atoms with Crippen LogP contribution in [0.5, 0.6) is 0 Å². The first kappa shape index (κ1) is 15.9. The van der Waals surface area contributed by atoms with Gasteiger partial charge in [0.05, 0.1) is 12.3 Å². The number of hydrogen-bond acceptors (Lipinski definition) is 6. The average molecular weight is 336 g/mol. The van der Waals surface area contributed by atoms with Crippen LogP contribution in [0.1, 0.15) is 24.1 Å². The zero-order valence-electron chi connectivity index (χ0n) is 14.1. The molecule has 0 unspecified atom stereocenters. The summed E-state index contributed by atoms with van der Waals surface area (Å²) in [4.78, 5) is 13.2. The predicted molar refractivity (Wildman–Crippen MR) is 95.9 cm³/mol.